The van der Waals surface area contributed by atoms with Gasteiger partial charge < -0.3 is 0 Å². The van der Waals surface area contributed by atoms with Crippen molar-refractivity contribution < 1.29 is 4.79 Å². The lowest BCUT2D eigenvalue weighted by Crippen LogP contribution is -1.81. The van der Waals surface area contributed by atoms with Crippen LogP contribution in [0.15, 0.2) is 35.7 Å². The number of benzene rings is 1. The summed E-state index contributed by atoms with van der Waals surface area (Å²) in [7, 11) is 0. The predicted octanol–water partition coefficient (Wildman–Crippen LogP) is 5.23. The fraction of sp³-hybridized carbons (Fsp3) is 0.125. The molecule has 106 valence electrons. The zero-order valence-corrected chi connectivity index (χ0v) is 14.1. The summed E-state index contributed by atoms with van der Waals surface area (Å²) in [6.07, 6.45) is 0. The van der Waals surface area contributed by atoms with Gasteiger partial charge in [-0.05, 0) is 19.9 Å². The first-order valence-electron chi connectivity index (χ1n) is 6.41. The number of thiophene rings is 1. The molecular weight excluding hydrogens is 318 g/mol. The molecule has 0 aliphatic rings. The molecule has 21 heavy (non-hydrogen) atoms. The lowest BCUT2D eigenvalue weighted by Gasteiger charge is -1.97. The van der Waals surface area contributed by atoms with E-state index in [0.717, 1.165) is 26.7 Å². The van der Waals surface area contributed by atoms with Crippen molar-refractivity contribution in [3.8, 4) is 21.8 Å². The van der Waals surface area contributed by atoms with E-state index >= 15 is 0 Å². The van der Waals surface area contributed by atoms with E-state index in [1.54, 1.807) is 11.3 Å². The molecule has 0 aliphatic heterocycles. The van der Waals surface area contributed by atoms with Crippen molar-refractivity contribution in [2.75, 3.05) is 0 Å². The maximum Gasteiger partial charge on any atom is 0.226 e. The molecule has 0 N–H and O–H groups in total. The minimum Gasteiger partial charge on any atom is -0.281 e. The number of rotatable bonds is 3. The van der Waals surface area contributed by atoms with E-state index in [4.69, 9.17) is 4.98 Å². The summed E-state index contributed by atoms with van der Waals surface area (Å²) >= 11 is 6.95. The Bertz CT molecular complexity index is 799. The molecule has 0 amide bonds. The molecule has 1 aromatic carbocycles. The summed E-state index contributed by atoms with van der Waals surface area (Å²) in [5.41, 5.74) is 4.35. The molecule has 2 aromatic heterocycles. The lowest BCUT2D eigenvalue weighted by molar-refractivity contribution is 0.109. The van der Waals surface area contributed by atoms with Crippen LogP contribution in [0.2, 0.25) is 0 Å². The van der Waals surface area contributed by atoms with Crippen molar-refractivity contribution in [1.29, 1.82) is 0 Å². The Morgan fingerprint density at radius 1 is 1.19 bits per heavy atom. The monoisotopic (exact) mass is 331 g/mol. The number of carbonyl (C=O) groups excluding carboxylic acids is 1. The van der Waals surface area contributed by atoms with Crippen molar-refractivity contribution >= 4 is 40.4 Å². The summed E-state index contributed by atoms with van der Waals surface area (Å²) in [4.78, 5) is 17.8. The van der Waals surface area contributed by atoms with Crippen LogP contribution in [0.3, 0.4) is 0 Å². The van der Waals surface area contributed by atoms with Gasteiger partial charge in [0.1, 0.15) is 5.01 Å². The molecule has 5 heteroatoms. The van der Waals surface area contributed by atoms with E-state index in [2.05, 4.69) is 49.2 Å². The molecule has 0 radical (unpaired) electrons. The number of hydrogen-bond donors (Lipinski definition) is 1. The molecule has 0 bridgehead atoms. The molecule has 0 saturated carbocycles. The van der Waals surface area contributed by atoms with Gasteiger partial charge in [0, 0.05) is 21.4 Å². The second-order valence-electron chi connectivity index (χ2n) is 4.79. The Hall–Kier alpha value is -1.43. The van der Waals surface area contributed by atoms with Crippen LogP contribution in [0.4, 0.5) is 0 Å². The first kappa shape index (κ1) is 14.5. The molecule has 0 saturated heterocycles. The fourth-order valence-corrected chi connectivity index (χ4v) is 4.08. The Kier molecular flexibility index (Phi) is 3.97. The molecule has 0 spiro atoms. The van der Waals surface area contributed by atoms with Gasteiger partial charge in [-0.3, -0.25) is 4.79 Å². The highest BCUT2D eigenvalue weighted by molar-refractivity contribution is 7.97. The third-order valence-corrected chi connectivity index (χ3v) is 5.53. The molecule has 2 heterocycles. The van der Waals surface area contributed by atoms with Crippen molar-refractivity contribution in [3.05, 3.63) is 51.0 Å². The Morgan fingerprint density at radius 2 is 1.90 bits per heavy atom. The molecule has 3 aromatic rings. The second kappa shape index (κ2) is 5.75. The first-order chi connectivity index (χ1) is 10.0. The van der Waals surface area contributed by atoms with Crippen LogP contribution in [-0.4, -0.2) is 10.1 Å². The molecule has 0 atom stereocenters. The van der Waals surface area contributed by atoms with Crippen molar-refractivity contribution in [1.82, 2.24) is 4.98 Å². The van der Waals surface area contributed by atoms with Gasteiger partial charge in [0.25, 0.3) is 0 Å². The summed E-state index contributed by atoms with van der Waals surface area (Å²) in [5.74, 6) is 0. The van der Waals surface area contributed by atoms with Gasteiger partial charge in [0.2, 0.25) is 5.12 Å². The highest BCUT2D eigenvalue weighted by Crippen LogP contribution is 2.35. The van der Waals surface area contributed by atoms with Crippen LogP contribution in [0.1, 0.15) is 20.1 Å². The summed E-state index contributed by atoms with van der Waals surface area (Å²) in [6, 6.07) is 10.2. The Balaban J connectivity index is 1.98. The van der Waals surface area contributed by atoms with Crippen LogP contribution >= 0.6 is 35.3 Å². The molecule has 0 aliphatic carbocycles. The summed E-state index contributed by atoms with van der Waals surface area (Å²) < 4.78 is 0. The molecule has 2 nitrogen and oxygen atoms in total. The maximum absolute atomic E-state index is 11.4. The average Bonchev–Trinajstić information content (AvgIpc) is 3.06. The number of carbonyl (C=O) groups is 1. The lowest BCUT2D eigenvalue weighted by atomic mass is 10.1. The smallest absolute Gasteiger partial charge is 0.226 e. The Labute approximate surface area is 136 Å². The topological polar surface area (TPSA) is 30.0 Å². The van der Waals surface area contributed by atoms with Gasteiger partial charge in [-0.1, -0.05) is 42.5 Å². The van der Waals surface area contributed by atoms with E-state index in [1.165, 1.54) is 16.9 Å². The number of aryl methyl sites for hydroxylation is 2. The molecular formula is C16H13NOS3. The predicted molar refractivity (Wildman–Crippen MR) is 93.7 cm³/mol. The Morgan fingerprint density at radius 3 is 2.52 bits per heavy atom. The van der Waals surface area contributed by atoms with Crippen molar-refractivity contribution in [2.24, 2.45) is 0 Å². The van der Waals surface area contributed by atoms with E-state index in [9.17, 15) is 4.79 Å². The van der Waals surface area contributed by atoms with Crippen LogP contribution in [0, 0.1) is 13.8 Å². The van der Waals surface area contributed by atoms with Gasteiger partial charge in [-0.2, -0.15) is 0 Å². The van der Waals surface area contributed by atoms with Crippen LogP contribution in [-0.2, 0) is 0 Å². The van der Waals surface area contributed by atoms with E-state index in [0.29, 0.717) is 4.88 Å². The summed E-state index contributed by atoms with van der Waals surface area (Å²) in [5, 5.41) is 2.81. The minimum atomic E-state index is -0.190. The highest BCUT2D eigenvalue weighted by atomic mass is 32.1. The zero-order valence-electron chi connectivity index (χ0n) is 11.6. The SMILES string of the molecule is Cc1ccc(-c2csc(-c3cc(C(=O)S)sc3C)n2)cc1. The summed E-state index contributed by atoms with van der Waals surface area (Å²) in [6.45, 7) is 4.08. The maximum atomic E-state index is 11.4. The number of hydrogen-bond acceptors (Lipinski definition) is 4. The first-order valence-corrected chi connectivity index (χ1v) is 8.55. The van der Waals surface area contributed by atoms with Crippen molar-refractivity contribution in [3.63, 3.8) is 0 Å². The van der Waals surface area contributed by atoms with Gasteiger partial charge in [0.05, 0.1) is 10.6 Å². The highest BCUT2D eigenvalue weighted by Gasteiger charge is 2.14. The minimum absolute atomic E-state index is 0.190. The van der Waals surface area contributed by atoms with Gasteiger partial charge in [-0.25, -0.2) is 4.98 Å². The normalized spacial score (nSPS) is 10.8. The van der Waals surface area contributed by atoms with E-state index < -0.39 is 0 Å². The van der Waals surface area contributed by atoms with Gasteiger partial charge in [-0.15, -0.1) is 22.7 Å². The molecule has 0 unspecified atom stereocenters. The largest absolute Gasteiger partial charge is 0.281 e. The second-order valence-corrected chi connectivity index (χ2v) is 7.31. The van der Waals surface area contributed by atoms with Gasteiger partial charge in [0.15, 0.2) is 0 Å². The number of nitrogens with zero attached hydrogens (tertiary/aromatic N) is 1. The van der Waals surface area contributed by atoms with Crippen LogP contribution in [0.5, 0.6) is 0 Å². The van der Waals surface area contributed by atoms with Crippen LogP contribution in [0.25, 0.3) is 21.8 Å². The molecule has 0 fully saturated rings. The van der Waals surface area contributed by atoms with Gasteiger partial charge >= 0.3 is 0 Å². The molecule has 3 rings (SSSR count). The third-order valence-electron chi connectivity index (χ3n) is 3.21. The number of thiol groups is 1. The average molecular weight is 331 g/mol. The fourth-order valence-electron chi connectivity index (χ4n) is 2.05. The zero-order chi connectivity index (χ0) is 15.0. The third kappa shape index (κ3) is 2.95. The van der Waals surface area contributed by atoms with Crippen molar-refractivity contribution in [2.45, 2.75) is 13.8 Å². The quantitative estimate of drug-likeness (QED) is 0.666. The standard InChI is InChI=1S/C16H13NOS3/c1-9-3-5-11(6-4-9)13-8-20-15(17-13)12-7-14(16(18)19)21-10(12)2/h3-8H,1-2H3,(H,18,19). The van der Waals surface area contributed by atoms with E-state index in [1.807, 2.05) is 13.0 Å². The van der Waals surface area contributed by atoms with E-state index in [-0.39, 0.29) is 5.12 Å². The number of aromatic nitrogens is 1. The van der Waals surface area contributed by atoms with Crippen LogP contribution < -0.4 is 0 Å². The number of thiazole rings is 1.